The number of aryl methyl sites for hydroxylation is 1. The number of rotatable bonds is 3. The summed E-state index contributed by atoms with van der Waals surface area (Å²) in [6, 6.07) is -0.136. The molecule has 2 saturated heterocycles. The number of carbonyl (C=O) groups is 1. The van der Waals surface area contributed by atoms with E-state index in [1.54, 1.807) is 10.9 Å². The molecule has 0 N–H and O–H groups in total. The molecule has 23 heavy (non-hydrogen) atoms. The normalized spacial score (nSPS) is 24.5. The largest absolute Gasteiger partial charge is 0.363 e. The number of hydrogen-bond donors (Lipinski definition) is 0. The van der Waals surface area contributed by atoms with Crippen LogP contribution in [0.1, 0.15) is 37.5 Å². The minimum absolute atomic E-state index is 0.0460. The van der Waals surface area contributed by atoms with Gasteiger partial charge in [0.2, 0.25) is 0 Å². The molecule has 2 atom stereocenters. The SMILES string of the molecule is Cn1cc(-c2nc(C3CCCCCN3C(=O)C3CO3)no2)cn1. The van der Waals surface area contributed by atoms with Crippen LogP contribution in [0.4, 0.5) is 0 Å². The Labute approximate surface area is 133 Å². The summed E-state index contributed by atoms with van der Waals surface area (Å²) in [4.78, 5) is 18.8. The highest BCUT2D eigenvalue weighted by Gasteiger charge is 2.39. The maximum Gasteiger partial charge on any atom is 0.261 e. The topological polar surface area (TPSA) is 89.6 Å². The van der Waals surface area contributed by atoms with Gasteiger partial charge in [-0.3, -0.25) is 9.48 Å². The molecule has 0 saturated carbocycles. The van der Waals surface area contributed by atoms with Crippen molar-refractivity contribution in [1.82, 2.24) is 24.8 Å². The van der Waals surface area contributed by atoms with Gasteiger partial charge in [-0.15, -0.1) is 0 Å². The van der Waals surface area contributed by atoms with Crippen LogP contribution in [0.25, 0.3) is 11.5 Å². The number of likely N-dealkylation sites (tertiary alicyclic amines) is 1. The summed E-state index contributed by atoms with van der Waals surface area (Å²) in [5.41, 5.74) is 0.781. The zero-order valence-electron chi connectivity index (χ0n) is 13.0. The predicted octanol–water partition coefficient (Wildman–Crippen LogP) is 1.31. The second-order valence-electron chi connectivity index (χ2n) is 6.08. The molecule has 0 radical (unpaired) electrons. The Morgan fingerprint density at radius 2 is 2.22 bits per heavy atom. The van der Waals surface area contributed by atoms with Gasteiger partial charge in [-0.05, 0) is 12.8 Å². The molecule has 2 aliphatic heterocycles. The number of hydrogen-bond acceptors (Lipinski definition) is 6. The molecule has 8 nitrogen and oxygen atoms in total. The van der Waals surface area contributed by atoms with E-state index in [2.05, 4.69) is 15.2 Å². The summed E-state index contributed by atoms with van der Waals surface area (Å²) < 4.78 is 12.2. The third-order valence-electron chi connectivity index (χ3n) is 4.34. The van der Waals surface area contributed by atoms with E-state index in [4.69, 9.17) is 9.26 Å². The molecule has 8 heteroatoms. The molecule has 2 aromatic heterocycles. The molecule has 0 spiro atoms. The van der Waals surface area contributed by atoms with Gasteiger partial charge in [-0.1, -0.05) is 18.0 Å². The monoisotopic (exact) mass is 317 g/mol. The molecule has 1 amide bonds. The third-order valence-corrected chi connectivity index (χ3v) is 4.34. The lowest BCUT2D eigenvalue weighted by atomic mass is 10.1. The van der Waals surface area contributed by atoms with Crippen molar-refractivity contribution in [1.29, 1.82) is 0 Å². The third kappa shape index (κ3) is 2.86. The smallest absolute Gasteiger partial charge is 0.261 e. The zero-order valence-corrected chi connectivity index (χ0v) is 13.0. The number of aromatic nitrogens is 4. The van der Waals surface area contributed by atoms with Crippen LogP contribution < -0.4 is 0 Å². The van der Waals surface area contributed by atoms with Crippen LogP contribution in [0.2, 0.25) is 0 Å². The summed E-state index contributed by atoms with van der Waals surface area (Å²) in [7, 11) is 1.84. The lowest BCUT2D eigenvalue weighted by Crippen LogP contribution is -2.38. The highest BCUT2D eigenvalue weighted by atomic mass is 16.6. The summed E-state index contributed by atoms with van der Waals surface area (Å²) in [5.74, 6) is 1.05. The van der Waals surface area contributed by atoms with Gasteiger partial charge >= 0.3 is 0 Å². The fraction of sp³-hybridized carbons (Fsp3) is 0.600. The first kappa shape index (κ1) is 14.4. The van der Waals surface area contributed by atoms with E-state index in [9.17, 15) is 4.79 Å². The minimum Gasteiger partial charge on any atom is -0.363 e. The van der Waals surface area contributed by atoms with E-state index in [0.29, 0.717) is 18.3 Å². The van der Waals surface area contributed by atoms with Gasteiger partial charge in [-0.2, -0.15) is 10.1 Å². The van der Waals surface area contributed by atoms with Crippen LogP contribution in [-0.2, 0) is 16.6 Å². The lowest BCUT2D eigenvalue weighted by Gasteiger charge is -2.27. The van der Waals surface area contributed by atoms with Gasteiger partial charge < -0.3 is 14.2 Å². The molecular weight excluding hydrogens is 298 g/mol. The predicted molar refractivity (Wildman–Crippen MR) is 79.2 cm³/mol. The molecule has 4 heterocycles. The van der Waals surface area contributed by atoms with Crippen LogP contribution in [-0.4, -0.2) is 50.0 Å². The average Bonchev–Trinajstić information content (AvgIpc) is 3.22. The number of amides is 1. The summed E-state index contributed by atoms with van der Waals surface area (Å²) in [5, 5.41) is 8.23. The highest BCUT2D eigenvalue weighted by Crippen LogP contribution is 2.31. The van der Waals surface area contributed by atoms with Gasteiger partial charge in [0.25, 0.3) is 11.8 Å². The maximum absolute atomic E-state index is 12.5. The van der Waals surface area contributed by atoms with E-state index < -0.39 is 0 Å². The van der Waals surface area contributed by atoms with Gasteiger partial charge in [0.15, 0.2) is 11.9 Å². The fourth-order valence-electron chi connectivity index (χ4n) is 3.04. The second-order valence-corrected chi connectivity index (χ2v) is 6.08. The first-order valence-electron chi connectivity index (χ1n) is 7.97. The van der Waals surface area contributed by atoms with E-state index in [0.717, 1.165) is 37.8 Å². The van der Waals surface area contributed by atoms with Crippen molar-refractivity contribution in [3.63, 3.8) is 0 Å². The first-order chi connectivity index (χ1) is 11.2. The molecule has 0 bridgehead atoms. The number of epoxide rings is 1. The van der Waals surface area contributed by atoms with E-state index >= 15 is 0 Å². The Hall–Kier alpha value is -2.22. The molecule has 2 aliphatic rings. The van der Waals surface area contributed by atoms with Crippen molar-refractivity contribution in [3.8, 4) is 11.5 Å². The summed E-state index contributed by atoms with van der Waals surface area (Å²) in [6.07, 6.45) is 7.25. The van der Waals surface area contributed by atoms with E-state index in [1.807, 2.05) is 18.1 Å². The summed E-state index contributed by atoms with van der Waals surface area (Å²) >= 11 is 0. The van der Waals surface area contributed by atoms with Gasteiger partial charge in [-0.25, -0.2) is 0 Å². The number of carbonyl (C=O) groups excluding carboxylic acids is 1. The molecule has 0 aromatic carbocycles. The molecule has 122 valence electrons. The van der Waals surface area contributed by atoms with Crippen molar-refractivity contribution in [2.24, 2.45) is 7.05 Å². The molecule has 0 aliphatic carbocycles. The highest BCUT2D eigenvalue weighted by molar-refractivity contribution is 5.83. The van der Waals surface area contributed by atoms with Crippen molar-refractivity contribution in [3.05, 3.63) is 18.2 Å². The van der Waals surface area contributed by atoms with Crippen molar-refractivity contribution in [2.45, 2.75) is 37.8 Å². The first-order valence-corrected chi connectivity index (χ1v) is 7.97. The van der Waals surface area contributed by atoms with Crippen LogP contribution >= 0.6 is 0 Å². The Morgan fingerprint density at radius 3 is 2.96 bits per heavy atom. The lowest BCUT2D eigenvalue weighted by molar-refractivity contribution is -0.135. The molecular formula is C15H19N5O3. The zero-order chi connectivity index (χ0) is 15.8. The molecule has 2 unspecified atom stereocenters. The van der Waals surface area contributed by atoms with Crippen molar-refractivity contribution in [2.75, 3.05) is 13.2 Å². The minimum atomic E-state index is -0.278. The Bertz CT molecular complexity index is 706. The van der Waals surface area contributed by atoms with Crippen molar-refractivity contribution >= 4 is 5.91 Å². The second kappa shape index (κ2) is 5.77. The van der Waals surface area contributed by atoms with Gasteiger partial charge in [0.05, 0.1) is 24.4 Å². The van der Waals surface area contributed by atoms with Crippen molar-refractivity contribution < 1.29 is 14.1 Å². The number of nitrogens with zero attached hydrogens (tertiary/aromatic N) is 5. The maximum atomic E-state index is 12.5. The Balaban J connectivity index is 1.61. The molecule has 2 fully saturated rings. The van der Waals surface area contributed by atoms with Crippen LogP contribution in [0.3, 0.4) is 0 Å². The average molecular weight is 317 g/mol. The Kier molecular flexibility index (Phi) is 3.60. The van der Waals surface area contributed by atoms with E-state index in [1.165, 1.54) is 0 Å². The van der Waals surface area contributed by atoms with Crippen LogP contribution in [0, 0.1) is 0 Å². The van der Waals surface area contributed by atoms with Crippen LogP contribution in [0.5, 0.6) is 0 Å². The molecule has 2 aromatic rings. The summed E-state index contributed by atoms with van der Waals surface area (Å²) in [6.45, 7) is 1.25. The number of ether oxygens (including phenoxy) is 1. The van der Waals surface area contributed by atoms with Crippen LogP contribution in [0.15, 0.2) is 16.9 Å². The Morgan fingerprint density at radius 1 is 1.35 bits per heavy atom. The quantitative estimate of drug-likeness (QED) is 0.793. The fourth-order valence-corrected chi connectivity index (χ4v) is 3.04. The standard InChI is InChI=1S/C15H19N5O3/c1-19-8-10(7-16-19)14-17-13(18-23-14)11-5-3-2-4-6-20(11)15(21)12-9-22-12/h7-8,11-12H,2-6,9H2,1H3. The molecule has 4 rings (SSSR count). The van der Waals surface area contributed by atoms with Gasteiger partial charge in [0, 0.05) is 19.8 Å². The van der Waals surface area contributed by atoms with E-state index in [-0.39, 0.29) is 18.1 Å². The van der Waals surface area contributed by atoms with Gasteiger partial charge in [0.1, 0.15) is 0 Å².